The van der Waals surface area contributed by atoms with Gasteiger partial charge in [0.05, 0.1) is 12.5 Å². The van der Waals surface area contributed by atoms with Crippen LogP contribution in [0.15, 0.2) is 18.3 Å². The SMILES string of the molecule is COc1ncccc1CC1(C(=O)O)CCCNC1. The fourth-order valence-corrected chi connectivity index (χ4v) is 2.48. The maximum Gasteiger partial charge on any atom is 0.311 e. The summed E-state index contributed by atoms with van der Waals surface area (Å²) in [6, 6.07) is 3.69. The lowest BCUT2D eigenvalue weighted by molar-refractivity contribution is -0.150. The van der Waals surface area contributed by atoms with Gasteiger partial charge in [-0.05, 0) is 31.9 Å². The molecule has 5 nitrogen and oxygen atoms in total. The number of aliphatic carboxylic acids is 1. The molecule has 1 aromatic heterocycles. The van der Waals surface area contributed by atoms with Gasteiger partial charge in [0.1, 0.15) is 0 Å². The lowest BCUT2D eigenvalue weighted by Crippen LogP contribution is -2.47. The Labute approximate surface area is 106 Å². The fourth-order valence-electron chi connectivity index (χ4n) is 2.48. The van der Waals surface area contributed by atoms with E-state index in [2.05, 4.69) is 10.3 Å². The number of pyridine rings is 1. The highest BCUT2D eigenvalue weighted by atomic mass is 16.5. The number of methoxy groups -OCH3 is 1. The van der Waals surface area contributed by atoms with E-state index < -0.39 is 11.4 Å². The quantitative estimate of drug-likeness (QED) is 0.837. The van der Waals surface area contributed by atoms with Crippen LogP contribution in [0.4, 0.5) is 0 Å². The molecular formula is C13H18N2O3. The van der Waals surface area contributed by atoms with Gasteiger partial charge in [-0.2, -0.15) is 0 Å². The fraction of sp³-hybridized carbons (Fsp3) is 0.538. The molecule has 0 saturated carbocycles. The van der Waals surface area contributed by atoms with E-state index in [4.69, 9.17) is 4.74 Å². The standard InChI is InChI=1S/C13H18N2O3/c1-18-11-10(4-2-7-15-11)8-13(12(16)17)5-3-6-14-9-13/h2,4,7,14H,3,5-6,8-9H2,1H3,(H,16,17). The van der Waals surface area contributed by atoms with E-state index in [1.807, 2.05) is 12.1 Å². The normalized spacial score (nSPS) is 23.6. The summed E-state index contributed by atoms with van der Waals surface area (Å²) in [6.45, 7) is 1.39. The maximum atomic E-state index is 11.6. The Morgan fingerprint density at radius 2 is 2.50 bits per heavy atom. The molecule has 2 N–H and O–H groups in total. The number of aromatic nitrogens is 1. The average Bonchev–Trinajstić information content (AvgIpc) is 2.40. The number of carboxylic acid groups (broad SMARTS) is 1. The molecule has 1 saturated heterocycles. The largest absolute Gasteiger partial charge is 0.481 e. The third-order valence-electron chi connectivity index (χ3n) is 3.50. The zero-order chi connectivity index (χ0) is 13.0. The molecule has 1 aliphatic heterocycles. The Bertz CT molecular complexity index is 428. The van der Waals surface area contributed by atoms with E-state index in [0.29, 0.717) is 25.3 Å². The molecule has 98 valence electrons. The summed E-state index contributed by atoms with van der Waals surface area (Å²) in [6.07, 6.45) is 3.67. The van der Waals surface area contributed by atoms with Gasteiger partial charge in [-0.3, -0.25) is 4.79 Å². The second kappa shape index (κ2) is 5.35. The van der Waals surface area contributed by atoms with Crippen LogP contribution >= 0.6 is 0 Å². The third kappa shape index (κ3) is 2.46. The average molecular weight is 250 g/mol. The Hall–Kier alpha value is -1.62. The van der Waals surface area contributed by atoms with Gasteiger partial charge in [-0.15, -0.1) is 0 Å². The minimum Gasteiger partial charge on any atom is -0.481 e. The molecule has 0 aromatic carbocycles. The molecule has 2 rings (SSSR count). The highest BCUT2D eigenvalue weighted by Crippen LogP contribution is 2.33. The predicted molar refractivity (Wildman–Crippen MR) is 66.7 cm³/mol. The predicted octanol–water partition coefficient (Wildman–Crippen LogP) is 1.09. The van der Waals surface area contributed by atoms with Gasteiger partial charge >= 0.3 is 5.97 Å². The zero-order valence-corrected chi connectivity index (χ0v) is 10.5. The van der Waals surface area contributed by atoms with Crippen molar-refractivity contribution in [1.82, 2.24) is 10.3 Å². The van der Waals surface area contributed by atoms with Gasteiger partial charge in [0.15, 0.2) is 0 Å². The van der Waals surface area contributed by atoms with Crippen molar-refractivity contribution in [2.75, 3.05) is 20.2 Å². The first kappa shape index (κ1) is 12.8. The van der Waals surface area contributed by atoms with Crippen LogP contribution in [-0.2, 0) is 11.2 Å². The summed E-state index contributed by atoms with van der Waals surface area (Å²) in [5, 5.41) is 12.7. The topological polar surface area (TPSA) is 71.5 Å². The number of carbonyl (C=O) groups is 1. The Kier molecular flexibility index (Phi) is 3.81. The number of nitrogens with one attached hydrogen (secondary N) is 1. The summed E-state index contributed by atoms with van der Waals surface area (Å²) in [7, 11) is 1.55. The van der Waals surface area contributed by atoms with Crippen LogP contribution in [0.5, 0.6) is 5.88 Å². The second-order valence-corrected chi connectivity index (χ2v) is 4.71. The molecule has 1 aromatic rings. The van der Waals surface area contributed by atoms with E-state index in [-0.39, 0.29) is 0 Å². The van der Waals surface area contributed by atoms with Gasteiger partial charge in [0.25, 0.3) is 0 Å². The number of rotatable bonds is 4. The first-order valence-corrected chi connectivity index (χ1v) is 6.10. The lowest BCUT2D eigenvalue weighted by atomic mass is 9.76. The van der Waals surface area contributed by atoms with Crippen molar-refractivity contribution in [2.45, 2.75) is 19.3 Å². The molecule has 18 heavy (non-hydrogen) atoms. The van der Waals surface area contributed by atoms with Crippen molar-refractivity contribution >= 4 is 5.97 Å². The second-order valence-electron chi connectivity index (χ2n) is 4.71. The van der Waals surface area contributed by atoms with E-state index in [1.54, 1.807) is 13.3 Å². The summed E-state index contributed by atoms with van der Waals surface area (Å²) in [5.74, 6) is -0.232. The zero-order valence-electron chi connectivity index (χ0n) is 10.5. The van der Waals surface area contributed by atoms with Gasteiger partial charge in [-0.1, -0.05) is 6.07 Å². The maximum absolute atomic E-state index is 11.6. The van der Waals surface area contributed by atoms with Crippen LogP contribution in [0.2, 0.25) is 0 Å². The molecule has 5 heteroatoms. The van der Waals surface area contributed by atoms with Gasteiger partial charge < -0.3 is 15.2 Å². The smallest absolute Gasteiger partial charge is 0.311 e. The van der Waals surface area contributed by atoms with Crippen molar-refractivity contribution in [1.29, 1.82) is 0 Å². The number of hydrogen-bond acceptors (Lipinski definition) is 4. The Morgan fingerprint density at radius 1 is 1.67 bits per heavy atom. The minimum absolute atomic E-state index is 0.451. The van der Waals surface area contributed by atoms with Crippen LogP contribution in [0.25, 0.3) is 0 Å². The highest BCUT2D eigenvalue weighted by Gasteiger charge is 2.40. The molecule has 0 spiro atoms. The molecule has 0 radical (unpaired) electrons. The number of carboxylic acids is 1. The number of nitrogens with zero attached hydrogens (tertiary/aromatic N) is 1. The molecule has 1 fully saturated rings. The summed E-state index contributed by atoms with van der Waals surface area (Å²) in [4.78, 5) is 15.7. The van der Waals surface area contributed by atoms with Crippen LogP contribution in [-0.4, -0.2) is 36.3 Å². The summed E-state index contributed by atoms with van der Waals surface area (Å²) < 4.78 is 5.19. The Balaban J connectivity index is 2.26. The number of ether oxygens (including phenoxy) is 1. The first-order chi connectivity index (χ1) is 8.68. The molecule has 0 bridgehead atoms. The van der Waals surface area contributed by atoms with Gasteiger partial charge in [-0.25, -0.2) is 4.98 Å². The van der Waals surface area contributed by atoms with Crippen molar-refractivity contribution in [3.05, 3.63) is 23.9 Å². The van der Waals surface area contributed by atoms with E-state index in [0.717, 1.165) is 18.5 Å². The van der Waals surface area contributed by atoms with E-state index in [1.165, 1.54) is 0 Å². The van der Waals surface area contributed by atoms with Gasteiger partial charge in [0.2, 0.25) is 5.88 Å². The van der Waals surface area contributed by atoms with Crippen LogP contribution in [0.3, 0.4) is 0 Å². The van der Waals surface area contributed by atoms with Crippen molar-refractivity contribution in [3.63, 3.8) is 0 Å². The third-order valence-corrected chi connectivity index (χ3v) is 3.50. The monoisotopic (exact) mass is 250 g/mol. The Morgan fingerprint density at radius 3 is 3.11 bits per heavy atom. The minimum atomic E-state index is -0.749. The molecule has 0 aliphatic carbocycles. The number of piperidine rings is 1. The first-order valence-electron chi connectivity index (χ1n) is 6.10. The molecule has 2 heterocycles. The van der Waals surface area contributed by atoms with Crippen LogP contribution < -0.4 is 10.1 Å². The molecule has 0 amide bonds. The van der Waals surface area contributed by atoms with Crippen LogP contribution in [0, 0.1) is 5.41 Å². The van der Waals surface area contributed by atoms with Crippen LogP contribution in [0.1, 0.15) is 18.4 Å². The van der Waals surface area contributed by atoms with E-state index >= 15 is 0 Å². The molecule has 1 unspecified atom stereocenters. The van der Waals surface area contributed by atoms with Gasteiger partial charge in [0, 0.05) is 18.3 Å². The van der Waals surface area contributed by atoms with Crippen molar-refractivity contribution in [3.8, 4) is 5.88 Å². The van der Waals surface area contributed by atoms with E-state index in [9.17, 15) is 9.90 Å². The lowest BCUT2D eigenvalue weighted by Gasteiger charge is -2.33. The number of hydrogen-bond donors (Lipinski definition) is 2. The summed E-state index contributed by atoms with van der Waals surface area (Å²) >= 11 is 0. The molecular weight excluding hydrogens is 232 g/mol. The highest BCUT2D eigenvalue weighted by molar-refractivity contribution is 5.75. The van der Waals surface area contributed by atoms with Crippen molar-refractivity contribution in [2.24, 2.45) is 5.41 Å². The summed E-state index contributed by atoms with van der Waals surface area (Å²) in [5.41, 5.74) is 0.111. The molecule has 1 aliphatic rings. The van der Waals surface area contributed by atoms with Crippen molar-refractivity contribution < 1.29 is 14.6 Å². The molecule has 1 atom stereocenters.